The number of nitrogens with one attached hydrogen (secondary N) is 1. The van der Waals surface area contributed by atoms with Crippen LogP contribution in [0.2, 0.25) is 5.02 Å². The Kier molecular flexibility index (Phi) is 3.59. The molecule has 21 heavy (non-hydrogen) atoms. The maximum Gasteiger partial charge on any atom is 0.257 e. The number of nitrogens with zero attached hydrogens (tertiary/aromatic N) is 2. The van der Waals surface area contributed by atoms with Crippen LogP contribution in [0.15, 0.2) is 12.1 Å². The van der Waals surface area contributed by atoms with E-state index in [0.29, 0.717) is 28.4 Å². The lowest BCUT2D eigenvalue weighted by molar-refractivity contribution is -0.123. The van der Waals surface area contributed by atoms with Crippen LogP contribution in [0, 0.1) is 0 Å². The molecule has 2 N–H and O–H groups in total. The lowest BCUT2D eigenvalue weighted by Crippen LogP contribution is -2.55. The molecule has 5 nitrogen and oxygen atoms in total. The van der Waals surface area contributed by atoms with E-state index in [9.17, 15) is 9.90 Å². The smallest absolute Gasteiger partial charge is 0.257 e. The highest BCUT2D eigenvalue weighted by Crippen LogP contribution is 2.39. The molecule has 0 bridgehead atoms. The fourth-order valence-electron chi connectivity index (χ4n) is 3.10. The van der Waals surface area contributed by atoms with Gasteiger partial charge < -0.3 is 15.3 Å². The van der Waals surface area contributed by atoms with E-state index in [0.717, 1.165) is 18.8 Å². The van der Waals surface area contributed by atoms with Crippen molar-refractivity contribution in [2.75, 3.05) is 30.4 Å². The quantitative estimate of drug-likeness (QED) is 0.831. The molecule has 0 radical (unpaired) electrons. The Balaban J connectivity index is 1.94. The molecular formula is C15H20ClN3O2. The first kappa shape index (κ1) is 14.6. The minimum absolute atomic E-state index is 0.390. The fraction of sp³-hybridized carbons (Fsp3) is 0.533. The van der Waals surface area contributed by atoms with Gasteiger partial charge in [0.1, 0.15) is 0 Å². The second-order valence-electron chi connectivity index (χ2n) is 6.05. The zero-order valence-corrected chi connectivity index (χ0v) is 13.2. The van der Waals surface area contributed by atoms with E-state index in [1.165, 1.54) is 0 Å². The minimum atomic E-state index is -1.11. The van der Waals surface area contributed by atoms with Crippen LogP contribution in [-0.4, -0.2) is 48.1 Å². The number of hydrogen-bond donors (Lipinski definition) is 2. The molecule has 6 heteroatoms. The van der Waals surface area contributed by atoms with Crippen molar-refractivity contribution >= 4 is 28.9 Å². The summed E-state index contributed by atoms with van der Waals surface area (Å²) in [6, 6.07) is 4.43. The maximum absolute atomic E-state index is 11.6. The van der Waals surface area contributed by atoms with Gasteiger partial charge in [0, 0.05) is 36.4 Å². The summed E-state index contributed by atoms with van der Waals surface area (Å²) < 4.78 is 0. The molecule has 0 aromatic heterocycles. The van der Waals surface area contributed by atoms with Crippen LogP contribution in [0.5, 0.6) is 0 Å². The maximum atomic E-state index is 11.6. The number of amides is 1. The molecule has 3 rings (SSSR count). The molecular weight excluding hydrogens is 290 g/mol. The van der Waals surface area contributed by atoms with Gasteiger partial charge in [-0.3, -0.25) is 9.69 Å². The Morgan fingerprint density at radius 2 is 1.90 bits per heavy atom. The Morgan fingerprint density at radius 1 is 1.29 bits per heavy atom. The average Bonchev–Trinajstić information content (AvgIpc) is 2.70. The molecule has 3 unspecified atom stereocenters. The van der Waals surface area contributed by atoms with Gasteiger partial charge in [0.2, 0.25) is 0 Å². The zero-order valence-electron chi connectivity index (χ0n) is 12.4. The summed E-state index contributed by atoms with van der Waals surface area (Å²) in [5.74, 6) is -0.390. The second-order valence-corrected chi connectivity index (χ2v) is 6.46. The molecule has 0 aliphatic carbocycles. The molecule has 1 aromatic carbocycles. The second kappa shape index (κ2) is 5.16. The summed E-state index contributed by atoms with van der Waals surface area (Å²) in [5.41, 5.74) is 2.13. The summed E-state index contributed by atoms with van der Waals surface area (Å²) in [7, 11) is 2.13. The first-order chi connectivity index (χ1) is 9.88. The van der Waals surface area contributed by atoms with Crippen LogP contribution in [0.25, 0.3) is 0 Å². The van der Waals surface area contributed by atoms with Crippen molar-refractivity contribution in [2.45, 2.75) is 32.0 Å². The Bertz CT molecular complexity index is 581. The van der Waals surface area contributed by atoms with Gasteiger partial charge in [-0.2, -0.15) is 0 Å². The summed E-state index contributed by atoms with van der Waals surface area (Å²) in [5, 5.41) is 13.1. The van der Waals surface area contributed by atoms with Gasteiger partial charge in [-0.1, -0.05) is 11.6 Å². The number of carbonyl (C=O) groups is 1. The van der Waals surface area contributed by atoms with E-state index in [4.69, 9.17) is 11.6 Å². The molecule has 0 saturated carbocycles. The van der Waals surface area contributed by atoms with Gasteiger partial charge in [0.05, 0.1) is 10.7 Å². The van der Waals surface area contributed by atoms with Crippen molar-refractivity contribution < 1.29 is 9.90 Å². The Labute approximate surface area is 129 Å². The molecule has 2 aliphatic heterocycles. The van der Waals surface area contributed by atoms with Crippen molar-refractivity contribution in [3.05, 3.63) is 22.7 Å². The van der Waals surface area contributed by atoms with Crippen molar-refractivity contribution in [1.82, 2.24) is 4.90 Å². The molecule has 1 aromatic rings. The fourth-order valence-corrected chi connectivity index (χ4v) is 3.39. The van der Waals surface area contributed by atoms with E-state index in [1.54, 1.807) is 6.07 Å². The van der Waals surface area contributed by atoms with Gasteiger partial charge in [0.15, 0.2) is 6.10 Å². The van der Waals surface area contributed by atoms with Gasteiger partial charge in [-0.25, -0.2) is 0 Å². The molecule has 1 fully saturated rings. The summed E-state index contributed by atoms with van der Waals surface area (Å²) >= 11 is 6.38. The highest BCUT2D eigenvalue weighted by molar-refractivity contribution is 6.33. The number of halogens is 1. The molecule has 2 heterocycles. The Morgan fingerprint density at radius 3 is 2.52 bits per heavy atom. The standard InChI is InChI=1S/C15H20ClN3O2/c1-8-6-19(7-9(2)18(8)3)13-5-12-10(4-11(13)16)14(20)15(21)17-12/h4-5,8-9,14,20H,6-7H2,1-3H3,(H,17,21). The molecule has 1 amide bonds. The lowest BCUT2D eigenvalue weighted by atomic mass is 10.1. The third kappa shape index (κ3) is 2.39. The van der Waals surface area contributed by atoms with Crippen LogP contribution < -0.4 is 10.2 Å². The third-order valence-electron chi connectivity index (χ3n) is 4.62. The number of benzene rings is 1. The number of rotatable bonds is 1. The molecule has 114 valence electrons. The first-order valence-electron chi connectivity index (χ1n) is 7.17. The van der Waals surface area contributed by atoms with E-state index in [-0.39, 0.29) is 0 Å². The Hall–Kier alpha value is -1.30. The summed E-state index contributed by atoms with van der Waals surface area (Å²) in [6.07, 6.45) is -1.11. The van der Waals surface area contributed by atoms with Crippen LogP contribution in [0.3, 0.4) is 0 Å². The predicted molar refractivity (Wildman–Crippen MR) is 83.9 cm³/mol. The summed E-state index contributed by atoms with van der Waals surface area (Å²) in [4.78, 5) is 16.1. The molecule has 1 saturated heterocycles. The molecule has 2 aliphatic rings. The largest absolute Gasteiger partial charge is 0.378 e. The minimum Gasteiger partial charge on any atom is -0.378 e. The lowest BCUT2D eigenvalue weighted by Gasteiger charge is -2.43. The number of carbonyl (C=O) groups excluding carboxylic acids is 1. The number of fused-ring (bicyclic) bond motifs is 1. The predicted octanol–water partition coefficient (Wildman–Crippen LogP) is 1.85. The van der Waals surface area contributed by atoms with E-state index in [1.807, 2.05) is 6.07 Å². The highest BCUT2D eigenvalue weighted by atomic mass is 35.5. The van der Waals surface area contributed by atoms with Crippen LogP contribution in [-0.2, 0) is 4.79 Å². The summed E-state index contributed by atoms with van der Waals surface area (Å²) in [6.45, 7) is 6.15. The van der Waals surface area contributed by atoms with Gasteiger partial charge in [-0.05, 0) is 33.0 Å². The highest BCUT2D eigenvalue weighted by Gasteiger charge is 2.32. The monoisotopic (exact) mass is 309 g/mol. The number of anilines is 2. The average molecular weight is 310 g/mol. The van der Waals surface area contributed by atoms with Crippen molar-refractivity contribution in [1.29, 1.82) is 0 Å². The van der Waals surface area contributed by atoms with Crippen molar-refractivity contribution in [2.24, 2.45) is 0 Å². The number of piperazine rings is 1. The number of aliphatic hydroxyl groups is 1. The normalized spacial score (nSPS) is 29.5. The number of aliphatic hydroxyl groups excluding tert-OH is 1. The SMILES string of the molecule is CC1CN(c2cc3c(cc2Cl)C(O)C(=O)N3)CC(C)N1C. The zero-order chi connectivity index (χ0) is 15.3. The number of hydrogen-bond acceptors (Lipinski definition) is 4. The third-order valence-corrected chi connectivity index (χ3v) is 4.92. The molecule has 3 atom stereocenters. The van der Waals surface area contributed by atoms with Gasteiger partial charge in [0.25, 0.3) is 5.91 Å². The van der Waals surface area contributed by atoms with E-state index < -0.39 is 12.0 Å². The van der Waals surface area contributed by atoms with Crippen LogP contribution in [0.1, 0.15) is 25.5 Å². The van der Waals surface area contributed by atoms with Gasteiger partial charge >= 0.3 is 0 Å². The molecule has 0 spiro atoms. The van der Waals surface area contributed by atoms with E-state index in [2.05, 4.69) is 36.0 Å². The van der Waals surface area contributed by atoms with Crippen molar-refractivity contribution in [3.8, 4) is 0 Å². The topological polar surface area (TPSA) is 55.8 Å². The van der Waals surface area contributed by atoms with Crippen molar-refractivity contribution in [3.63, 3.8) is 0 Å². The van der Waals surface area contributed by atoms with E-state index >= 15 is 0 Å². The van der Waals surface area contributed by atoms with Gasteiger partial charge in [-0.15, -0.1) is 0 Å². The first-order valence-corrected chi connectivity index (χ1v) is 7.55. The van der Waals surface area contributed by atoms with Crippen LogP contribution in [0.4, 0.5) is 11.4 Å². The number of likely N-dealkylation sites (N-methyl/N-ethyl adjacent to an activating group) is 1. The van der Waals surface area contributed by atoms with Crippen LogP contribution >= 0.6 is 11.6 Å².